The quantitative estimate of drug-likeness (QED) is 0.486. The Bertz CT molecular complexity index is 9.61. The van der Waals surface area contributed by atoms with Crippen molar-refractivity contribution >= 4 is 0 Å². The van der Waals surface area contributed by atoms with E-state index in [9.17, 15) is 0 Å². The van der Waals surface area contributed by atoms with Crippen molar-refractivity contribution in [3.05, 3.63) is 0 Å². The Morgan fingerprint density at radius 2 is 1.20 bits per heavy atom. The molecule has 3 heteroatoms. The van der Waals surface area contributed by atoms with Crippen molar-refractivity contribution in [1.82, 2.24) is 0 Å². The Hall–Kier alpha value is 0.582. The van der Waals surface area contributed by atoms with Crippen LogP contribution in [0.1, 0.15) is 0 Å². The fraction of sp³-hybridized carbons (Fsp3) is 1.00. The first-order valence-electron chi connectivity index (χ1n) is 1.32. The molecule has 5 heavy (non-hydrogen) atoms. The first-order chi connectivity index (χ1) is 1.91. The van der Waals surface area contributed by atoms with Gasteiger partial charge in [-0.25, -0.2) is 0 Å². The predicted molar refractivity (Wildman–Crippen MR) is 18.1 cm³/mol. The molecule has 0 atom stereocenters. The Kier molecular flexibility index (Phi) is 16.1. The van der Waals surface area contributed by atoms with Crippen LogP contribution in [-0.4, -0.2) is 13.1 Å². The normalized spacial score (nSPS) is 6.00. The van der Waals surface area contributed by atoms with Gasteiger partial charge in [-0.3, -0.25) is 0 Å². The average molecular weight is 167 g/mol. The standard InChI is InChI=1S/C2H8N2.Pd/c3-1-2-4;/h1-4H2;. The van der Waals surface area contributed by atoms with Gasteiger partial charge in [0.15, 0.2) is 0 Å². The van der Waals surface area contributed by atoms with Gasteiger partial charge in [-0.2, -0.15) is 0 Å². The van der Waals surface area contributed by atoms with E-state index in [0.717, 1.165) is 0 Å². The van der Waals surface area contributed by atoms with Crippen LogP contribution >= 0.6 is 0 Å². The van der Waals surface area contributed by atoms with E-state index < -0.39 is 0 Å². The molecule has 0 aromatic rings. The molecule has 36 valence electrons. The van der Waals surface area contributed by atoms with E-state index in [-0.39, 0.29) is 20.4 Å². The summed E-state index contributed by atoms with van der Waals surface area (Å²) < 4.78 is 0. The Labute approximate surface area is 45.6 Å². The molecule has 0 spiro atoms. The van der Waals surface area contributed by atoms with Crippen molar-refractivity contribution in [2.24, 2.45) is 11.5 Å². The molecule has 0 aromatic carbocycles. The molecule has 0 unspecified atom stereocenters. The molecular formula is C2H8N2Pd. The third kappa shape index (κ3) is 12.2. The third-order valence-corrected chi connectivity index (χ3v) is 0.167. The smallest absolute Gasteiger partial charge is 0.00461 e. The van der Waals surface area contributed by atoms with Crippen molar-refractivity contribution in [3.8, 4) is 0 Å². The molecule has 0 heterocycles. The summed E-state index contributed by atoms with van der Waals surface area (Å²) >= 11 is 0. The van der Waals surface area contributed by atoms with Gasteiger partial charge in [-0.15, -0.1) is 0 Å². The molecule has 2 nitrogen and oxygen atoms in total. The third-order valence-electron chi connectivity index (χ3n) is 0.167. The van der Waals surface area contributed by atoms with Crippen LogP contribution in [0.4, 0.5) is 0 Å². The summed E-state index contributed by atoms with van der Waals surface area (Å²) in [6.07, 6.45) is 0. The molecule has 0 saturated carbocycles. The van der Waals surface area contributed by atoms with Crippen LogP contribution in [0.3, 0.4) is 0 Å². The first-order valence-corrected chi connectivity index (χ1v) is 1.32. The van der Waals surface area contributed by atoms with Gasteiger partial charge in [-0.1, -0.05) is 0 Å². The van der Waals surface area contributed by atoms with Crippen molar-refractivity contribution in [3.63, 3.8) is 0 Å². The second kappa shape index (κ2) is 8.82. The van der Waals surface area contributed by atoms with Gasteiger partial charge in [0.2, 0.25) is 0 Å². The van der Waals surface area contributed by atoms with Crippen LogP contribution in [0.15, 0.2) is 0 Å². The molecule has 0 aliphatic carbocycles. The van der Waals surface area contributed by atoms with Crippen LogP contribution in [0.5, 0.6) is 0 Å². The minimum Gasteiger partial charge on any atom is -0.329 e. The summed E-state index contributed by atoms with van der Waals surface area (Å²) in [6.45, 7) is 1.19. The van der Waals surface area contributed by atoms with Crippen LogP contribution < -0.4 is 11.5 Å². The number of hydrogen-bond acceptors (Lipinski definition) is 2. The van der Waals surface area contributed by atoms with Crippen molar-refractivity contribution in [2.45, 2.75) is 0 Å². The van der Waals surface area contributed by atoms with E-state index in [1.54, 1.807) is 0 Å². The fourth-order valence-electron chi connectivity index (χ4n) is 0. The molecule has 0 aromatic heterocycles. The van der Waals surface area contributed by atoms with E-state index in [1.807, 2.05) is 0 Å². The van der Waals surface area contributed by atoms with Gasteiger partial charge in [0.25, 0.3) is 0 Å². The summed E-state index contributed by atoms with van der Waals surface area (Å²) in [5, 5.41) is 0. The largest absolute Gasteiger partial charge is 0.329 e. The molecule has 0 rings (SSSR count). The molecule has 0 aliphatic heterocycles. The van der Waals surface area contributed by atoms with E-state index in [2.05, 4.69) is 0 Å². The van der Waals surface area contributed by atoms with Gasteiger partial charge in [0, 0.05) is 33.5 Å². The summed E-state index contributed by atoms with van der Waals surface area (Å²) in [5.74, 6) is 0. The van der Waals surface area contributed by atoms with E-state index in [0.29, 0.717) is 13.1 Å². The van der Waals surface area contributed by atoms with Crippen LogP contribution in [-0.2, 0) is 20.4 Å². The van der Waals surface area contributed by atoms with Gasteiger partial charge >= 0.3 is 0 Å². The van der Waals surface area contributed by atoms with Crippen molar-refractivity contribution in [1.29, 1.82) is 0 Å². The second-order valence-electron chi connectivity index (χ2n) is 0.577. The summed E-state index contributed by atoms with van der Waals surface area (Å²) in [5.41, 5.74) is 9.81. The number of hydrogen-bond donors (Lipinski definition) is 2. The van der Waals surface area contributed by atoms with Crippen LogP contribution in [0, 0.1) is 0 Å². The van der Waals surface area contributed by atoms with Crippen LogP contribution in [0.25, 0.3) is 0 Å². The first kappa shape index (κ1) is 9.13. The molecule has 0 fully saturated rings. The van der Waals surface area contributed by atoms with E-state index in [1.165, 1.54) is 0 Å². The minimum atomic E-state index is 0. The average Bonchev–Trinajstić information content (AvgIpc) is 1.37. The maximum atomic E-state index is 4.90. The molecule has 4 N–H and O–H groups in total. The summed E-state index contributed by atoms with van der Waals surface area (Å²) in [7, 11) is 0. The van der Waals surface area contributed by atoms with Gasteiger partial charge in [0.1, 0.15) is 0 Å². The Balaban J connectivity index is 0. The minimum absolute atomic E-state index is 0. The monoisotopic (exact) mass is 166 g/mol. The molecule has 0 amide bonds. The Morgan fingerprint density at radius 3 is 1.20 bits per heavy atom. The summed E-state index contributed by atoms with van der Waals surface area (Å²) in [6, 6.07) is 0. The van der Waals surface area contributed by atoms with Crippen molar-refractivity contribution < 1.29 is 20.4 Å². The zero-order chi connectivity index (χ0) is 3.41. The molecule has 0 radical (unpaired) electrons. The molecular weight excluding hydrogens is 158 g/mol. The zero-order valence-electron chi connectivity index (χ0n) is 2.89. The van der Waals surface area contributed by atoms with Crippen LogP contribution in [0.2, 0.25) is 0 Å². The number of nitrogens with two attached hydrogens (primary N) is 2. The zero-order valence-corrected chi connectivity index (χ0v) is 4.44. The molecule has 0 bridgehead atoms. The fourth-order valence-corrected chi connectivity index (χ4v) is 0. The maximum absolute atomic E-state index is 4.90. The van der Waals surface area contributed by atoms with Gasteiger partial charge in [-0.05, 0) is 0 Å². The topological polar surface area (TPSA) is 52.0 Å². The number of rotatable bonds is 1. The van der Waals surface area contributed by atoms with E-state index in [4.69, 9.17) is 11.5 Å². The SMILES string of the molecule is NCCN.[Pd]. The summed E-state index contributed by atoms with van der Waals surface area (Å²) in [4.78, 5) is 0. The van der Waals surface area contributed by atoms with E-state index >= 15 is 0 Å². The second-order valence-corrected chi connectivity index (χ2v) is 0.577. The van der Waals surface area contributed by atoms with Crippen molar-refractivity contribution in [2.75, 3.05) is 13.1 Å². The molecule has 0 aliphatic rings. The Morgan fingerprint density at radius 1 is 1.00 bits per heavy atom. The predicted octanol–water partition coefficient (Wildman–Crippen LogP) is -1.10. The maximum Gasteiger partial charge on any atom is 0.00461 e. The van der Waals surface area contributed by atoms with Gasteiger partial charge in [0.05, 0.1) is 0 Å². The van der Waals surface area contributed by atoms with Gasteiger partial charge < -0.3 is 11.5 Å². The molecule has 0 saturated heterocycles.